The molecular weight excluding hydrogens is 1080 g/mol. The van der Waals surface area contributed by atoms with Crippen LogP contribution in [0.15, 0.2) is 60.7 Å². The fraction of sp³-hybridized carbons (Fsp3) is 0.660. The number of hydrogen-bond donors (Lipinski definition) is 1. The number of nitrogens with one attached hydrogen (secondary N) is 1. The number of carbonyl (C=O) groups excluding carboxylic acids is 4. The van der Waals surface area contributed by atoms with E-state index < -0.39 is 101 Å². The van der Waals surface area contributed by atoms with Crippen molar-refractivity contribution in [3.8, 4) is 11.5 Å². The summed E-state index contributed by atoms with van der Waals surface area (Å²) in [7, 11) is -4.97. The average Bonchev–Trinajstić information content (AvgIpc) is 3.27. The van der Waals surface area contributed by atoms with Crippen LogP contribution in [0.2, 0.25) is 0 Å². The van der Waals surface area contributed by atoms with Crippen molar-refractivity contribution in [3.63, 3.8) is 0 Å². The molecule has 1 aliphatic rings. The summed E-state index contributed by atoms with van der Waals surface area (Å²) in [6.07, 6.45) is 3.92. The van der Waals surface area contributed by atoms with Gasteiger partial charge in [0.25, 0.3) is 0 Å². The summed E-state index contributed by atoms with van der Waals surface area (Å²) >= 11 is 42.5. The molecule has 70 heavy (non-hydrogen) atoms. The number of benzene rings is 2. The third-order valence-corrected chi connectivity index (χ3v) is 14.1. The van der Waals surface area contributed by atoms with Crippen LogP contribution in [-0.2, 0) is 47.1 Å². The van der Waals surface area contributed by atoms with Crippen LogP contribution in [0.4, 0.5) is 9.59 Å². The van der Waals surface area contributed by atoms with Gasteiger partial charge in [-0.15, -0.1) is 0 Å². The second-order valence-electron chi connectivity index (χ2n) is 17.1. The Hall–Kier alpha value is -2.30. The number of amides is 1. The highest BCUT2D eigenvalue weighted by atomic mass is 35.6. The summed E-state index contributed by atoms with van der Waals surface area (Å²) in [5, 5.41) is 2.45. The van der Waals surface area contributed by atoms with E-state index >= 15 is 4.57 Å². The first-order valence-corrected chi connectivity index (χ1v) is 27.6. The lowest BCUT2D eigenvalue weighted by molar-refractivity contribution is -0.196. The molecule has 396 valence electrons. The largest absolute Gasteiger partial charge is 0.588 e. The van der Waals surface area contributed by atoms with E-state index in [4.69, 9.17) is 123 Å². The third kappa shape index (κ3) is 24.2. The predicted molar refractivity (Wildman–Crippen MR) is 271 cm³/mol. The molecule has 0 aromatic heterocycles. The Kier molecular flexibility index (Phi) is 27.8. The van der Waals surface area contributed by atoms with Gasteiger partial charge < -0.3 is 42.8 Å². The Morgan fingerprint density at radius 1 is 0.714 bits per heavy atom. The van der Waals surface area contributed by atoms with Crippen molar-refractivity contribution in [2.45, 2.75) is 180 Å². The number of hydrogen-bond acceptors (Lipinski definition) is 14. The van der Waals surface area contributed by atoms with Crippen molar-refractivity contribution >= 4 is 113 Å². The molecule has 0 radical (unpaired) electrons. The Morgan fingerprint density at radius 2 is 1.24 bits per heavy atom. The number of esters is 2. The molecule has 0 spiro atoms. The molecule has 2 aromatic rings. The van der Waals surface area contributed by atoms with E-state index in [9.17, 15) is 19.2 Å². The van der Waals surface area contributed by atoms with Crippen LogP contribution in [0.3, 0.4) is 0 Å². The maximum absolute atomic E-state index is 15.1. The minimum atomic E-state index is -4.97. The zero-order valence-corrected chi connectivity index (χ0v) is 46.0. The molecule has 1 saturated heterocycles. The molecule has 0 aliphatic carbocycles. The van der Waals surface area contributed by atoms with Gasteiger partial charge >= 0.3 is 32.0 Å². The maximum Gasteiger partial charge on any atom is 0.588 e. The molecular formula is C47H65Cl7NO14P. The minimum absolute atomic E-state index is 0.0216. The Balaban J connectivity index is 2.07. The van der Waals surface area contributed by atoms with Gasteiger partial charge in [0, 0.05) is 6.42 Å². The first-order valence-electron chi connectivity index (χ1n) is 23.4. The molecule has 1 amide bonds. The monoisotopic (exact) mass is 1140 g/mol. The molecule has 0 bridgehead atoms. The topological polar surface area (TPSA) is 180 Å². The second kappa shape index (κ2) is 31.4. The zero-order chi connectivity index (χ0) is 51.8. The summed E-state index contributed by atoms with van der Waals surface area (Å²) in [5.41, 5.74) is -3.37. The van der Waals surface area contributed by atoms with Crippen LogP contribution >= 0.6 is 89.0 Å². The molecule has 0 unspecified atom stereocenters. The number of carbonyl (C=O) groups is 4. The van der Waals surface area contributed by atoms with Crippen molar-refractivity contribution in [3.05, 3.63) is 60.7 Å². The molecule has 1 N–H and O–H groups in total. The number of phosphoric acid groups is 1. The van der Waals surface area contributed by atoms with Crippen LogP contribution in [0.1, 0.15) is 130 Å². The summed E-state index contributed by atoms with van der Waals surface area (Å²) in [5.74, 6) is -1.40. The van der Waals surface area contributed by atoms with Crippen molar-refractivity contribution in [1.29, 1.82) is 0 Å². The van der Waals surface area contributed by atoms with Gasteiger partial charge in [-0.3, -0.25) is 14.1 Å². The Morgan fingerprint density at radius 3 is 1.77 bits per heavy atom. The highest BCUT2D eigenvalue weighted by molar-refractivity contribution is 7.49. The maximum atomic E-state index is 15.1. The van der Waals surface area contributed by atoms with Crippen molar-refractivity contribution in [1.82, 2.24) is 5.32 Å². The van der Waals surface area contributed by atoms with Gasteiger partial charge in [0.1, 0.15) is 49.1 Å². The minimum Gasteiger partial charge on any atom is -0.462 e. The van der Waals surface area contributed by atoms with Crippen LogP contribution in [0.5, 0.6) is 11.5 Å². The average molecular weight is 1150 g/mol. The van der Waals surface area contributed by atoms with E-state index in [1.54, 1.807) is 36.4 Å². The summed E-state index contributed by atoms with van der Waals surface area (Å²) < 4.78 is 62.9. The quantitative estimate of drug-likeness (QED) is 0.0256. The van der Waals surface area contributed by atoms with Gasteiger partial charge in [0.15, 0.2) is 17.3 Å². The van der Waals surface area contributed by atoms with Crippen LogP contribution in [-0.4, -0.2) is 86.6 Å². The SMILES string of the molecule is CCCCCCCCCCC[C@H](CC(=O)O[C@@H]1[C@H](NC(=O)OCC(Cl)(Cl)Cl)[C@@H](Cl)O[C@H](COC(=O)OC(C)(C)C(Cl)(Cl)Cl)[C@H]1OP(=O)(Oc1ccccc1)Oc1ccccc1)OC(=O)CCCCCC. The third-order valence-electron chi connectivity index (χ3n) is 10.7. The standard InChI is InChI=1S/C47H65Cl7NO14P/c1-5-7-9-11-12-13-14-15-18-28-35(63-37(56)29-23-10-8-6-2)30-38(57)65-41-39(55-43(58)62-32-46(49,50)51)42(48)64-36(31-61-44(59)66-45(3,4)47(52,53)54)40(41)69-70(60,67-33-24-19-16-20-25-33)68-34-26-21-17-22-27-34/h16-17,19-22,24-27,35-36,39-42H,5-15,18,23,28-32H2,1-4H3,(H,55,58)/t35-,36-,39+,40-,41-,42+/m1/s1. The number of unbranched alkanes of at least 4 members (excludes halogenated alkanes) is 11. The summed E-state index contributed by atoms with van der Waals surface area (Å²) in [4.78, 5) is 54.0. The number of alkyl carbamates (subject to hydrolysis) is 1. The Bertz CT molecular complexity index is 1870. The fourth-order valence-electron chi connectivity index (χ4n) is 6.86. The number of para-hydroxylation sites is 2. The smallest absolute Gasteiger partial charge is 0.462 e. The van der Waals surface area contributed by atoms with Gasteiger partial charge in [-0.25, -0.2) is 14.2 Å². The van der Waals surface area contributed by atoms with Crippen molar-refractivity contribution in [2.24, 2.45) is 0 Å². The molecule has 0 saturated carbocycles. The summed E-state index contributed by atoms with van der Waals surface area (Å²) in [6, 6.07) is 14.0. The van der Waals surface area contributed by atoms with Crippen LogP contribution < -0.4 is 14.4 Å². The predicted octanol–water partition coefficient (Wildman–Crippen LogP) is 14.5. The van der Waals surface area contributed by atoms with Crippen molar-refractivity contribution in [2.75, 3.05) is 13.2 Å². The van der Waals surface area contributed by atoms with Gasteiger partial charge in [-0.2, -0.15) is 0 Å². The molecule has 23 heteroatoms. The zero-order valence-electron chi connectivity index (χ0n) is 39.8. The van der Waals surface area contributed by atoms with E-state index in [1.807, 2.05) is 0 Å². The van der Waals surface area contributed by atoms with Gasteiger partial charge in [-0.1, -0.05) is 202 Å². The number of alkyl halides is 7. The molecule has 2 aromatic carbocycles. The first kappa shape index (κ1) is 62.0. The number of ether oxygens (including phenoxy) is 6. The molecule has 3 rings (SSSR count). The first-order chi connectivity index (χ1) is 33.0. The molecule has 1 heterocycles. The lowest BCUT2D eigenvalue weighted by Crippen LogP contribution is -2.65. The fourth-order valence-corrected chi connectivity index (χ4v) is 8.91. The van der Waals surface area contributed by atoms with Crippen molar-refractivity contribution < 1.29 is 65.7 Å². The summed E-state index contributed by atoms with van der Waals surface area (Å²) in [6.45, 7) is 5.32. The highest BCUT2D eigenvalue weighted by Crippen LogP contribution is 2.53. The number of rotatable bonds is 30. The molecule has 15 nitrogen and oxygen atoms in total. The number of phosphoric ester groups is 1. The highest BCUT2D eigenvalue weighted by Gasteiger charge is 2.54. The number of halogens is 7. The van der Waals surface area contributed by atoms with Gasteiger partial charge in [0.05, 0.1) is 6.42 Å². The van der Waals surface area contributed by atoms with E-state index in [0.29, 0.717) is 19.3 Å². The lowest BCUT2D eigenvalue weighted by atomic mass is 9.97. The molecule has 1 fully saturated rings. The van der Waals surface area contributed by atoms with Gasteiger partial charge in [0.2, 0.25) is 7.59 Å². The Labute approximate surface area is 446 Å². The normalized spacial score (nSPS) is 19.0. The van der Waals surface area contributed by atoms with Crippen LogP contribution in [0.25, 0.3) is 0 Å². The van der Waals surface area contributed by atoms with E-state index in [-0.39, 0.29) is 17.9 Å². The van der Waals surface area contributed by atoms with E-state index in [1.165, 1.54) is 51.0 Å². The molecule has 1 aliphatic heterocycles. The van der Waals surface area contributed by atoms with E-state index in [2.05, 4.69) is 19.2 Å². The van der Waals surface area contributed by atoms with E-state index in [0.717, 1.165) is 57.8 Å². The van der Waals surface area contributed by atoms with Crippen LogP contribution in [0, 0.1) is 0 Å². The van der Waals surface area contributed by atoms with Gasteiger partial charge in [-0.05, 0) is 57.4 Å². The lowest BCUT2D eigenvalue weighted by Gasteiger charge is -2.44. The second-order valence-corrected chi connectivity index (χ2v) is 23.8. The molecule has 6 atom stereocenters.